The molecule has 0 spiro atoms. The second-order valence-corrected chi connectivity index (χ2v) is 7.29. The van der Waals surface area contributed by atoms with Crippen LogP contribution in [0.15, 0.2) is 60.2 Å². The topological polar surface area (TPSA) is 80.6 Å². The predicted octanol–water partition coefficient (Wildman–Crippen LogP) is 3.91. The Hall–Kier alpha value is -4.20. The van der Waals surface area contributed by atoms with Crippen LogP contribution in [0.4, 0.5) is 14.9 Å². The molecule has 2 heterocycles. The zero-order valence-electron chi connectivity index (χ0n) is 17.7. The first-order chi connectivity index (χ1) is 15.3. The van der Waals surface area contributed by atoms with Crippen molar-refractivity contribution in [3.63, 3.8) is 0 Å². The number of anilines is 1. The van der Waals surface area contributed by atoms with E-state index < -0.39 is 23.7 Å². The molecule has 32 heavy (non-hydrogen) atoms. The molecule has 1 N–H and O–H groups in total. The van der Waals surface area contributed by atoms with Crippen LogP contribution in [0.3, 0.4) is 0 Å². The van der Waals surface area contributed by atoms with Crippen molar-refractivity contribution < 1.29 is 23.5 Å². The quantitative estimate of drug-likeness (QED) is 0.500. The maximum atomic E-state index is 13.3. The van der Waals surface area contributed by atoms with Crippen LogP contribution in [0.25, 0.3) is 11.8 Å². The number of benzene rings is 2. The number of halogens is 1. The number of nitrogens with one attached hydrogen (secondary N) is 1. The van der Waals surface area contributed by atoms with E-state index in [0.29, 0.717) is 5.56 Å². The molecule has 1 aromatic heterocycles. The molecule has 0 radical (unpaired) electrons. The minimum atomic E-state index is -0.882. The minimum absolute atomic E-state index is 0.163. The molecule has 8 heteroatoms. The molecule has 0 atom stereocenters. The molecule has 162 valence electrons. The van der Waals surface area contributed by atoms with E-state index in [2.05, 4.69) is 5.32 Å². The van der Waals surface area contributed by atoms with E-state index in [-0.39, 0.29) is 11.3 Å². The summed E-state index contributed by atoms with van der Waals surface area (Å²) in [5.74, 6) is -1.34. The fourth-order valence-corrected chi connectivity index (χ4v) is 3.70. The van der Waals surface area contributed by atoms with Gasteiger partial charge in [0, 0.05) is 17.1 Å². The fourth-order valence-electron chi connectivity index (χ4n) is 3.70. The summed E-state index contributed by atoms with van der Waals surface area (Å²) >= 11 is 0. The van der Waals surface area contributed by atoms with E-state index in [0.717, 1.165) is 39.9 Å². The number of carbonyl (C=O) groups is 3. The maximum absolute atomic E-state index is 13.3. The second kappa shape index (κ2) is 8.14. The van der Waals surface area contributed by atoms with Crippen molar-refractivity contribution in [2.45, 2.75) is 13.8 Å². The number of aromatic nitrogens is 1. The third kappa shape index (κ3) is 3.66. The van der Waals surface area contributed by atoms with Crippen LogP contribution in [-0.2, 0) is 9.59 Å². The highest BCUT2D eigenvalue weighted by Crippen LogP contribution is 2.27. The molecule has 1 aliphatic rings. The van der Waals surface area contributed by atoms with E-state index in [9.17, 15) is 18.8 Å². The molecule has 0 saturated carbocycles. The zero-order chi connectivity index (χ0) is 23.0. The summed E-state index contributed by atoms with van der Waals surface area (Å²) in [6.45, 7) is 3.79. The van der Waals surface area contributed by atoms with Crippen molar-refractivity contribution >= 4 is 29.6 Å². The number of rotatable bonds is 4. The number of carbonyl (C=O) groups excluding carboxylic acids is 3. The molecule has 0 aliphatic carbocycles. The van der Waals surface area contributed by atoms with Gasteiger partial charge in [-0.3, -0.25) is 14.9 Å². The average Bonchev–Trinajstić information content (AvgIpc) is 3.05. The summed E-state index contributed by atoms with van der Waals surface area (Å²) in [4.78, 5) is 38.6. The van der Waals surface area contributed by atoms with E-state index in [4.69, 9.17) is 4.74 Å². The molecule has 0 unspecified atom stereocenters. The van der Waals surface area contributed by atoms with E-state index in [1.165, 1.54) is 18.2 Å². The first-order valence-electron chi connectivity index (χ1n) is 9.80. The Labute approximate surface area is 183 Å². The summed E-state index contributed by atoms with van der Waals surface area (Å²) in [5.41, 5.74) is 3.23. The smallest absolute Gasteiger partial charge is 0.335 e. The lowest BCUT2D eigenvalue weighted by Crippen LogP contribution is -2.54. The number of barbiturate groups is 1. The SMILES string of the molecule is COc1ccc(-n2c(C)cc(/C=C3\C(=O)NC(=O)N(c4ccc(F)cc4)C3=O)c2C)cc1. The Kier molecular flexibility index (Phi) is 5.36. The third-order valence-corrected chi connectivity index (χ3v) is 5.29. The summed E-state index contributed by atoms with van der Waals surface area (Å²) in [7, 11) is 1.59. The van der Waals surface area contributed by atoms with Gasteiger partial charge in [0.05, 0.1) is 12.8 Å². The van der Waals surface area contributed by atoms with Crippen molar-refractivity contribution in [1.82, 2.24) is 9.88 Å². The number of nitrogens with zero attached hydrogens (tertiary/aromatic N) is 2. The molecular weight excluding hydrogens is 413 g/mol. The standard InChI is InChI=1S/C24H20FN3O4/c1-14-12-16(15(2)27(14)18-8-10-20(32-3)11-9-18)13-21-22(29)26-24(31)28(23(21)30)19-6-4-17(25)5-7-19/h4-13H,1-3H3,(H,26,29,31)/b21-13+. The maximum Gasteiger partial charge on any atom is 0.335 e. The number of urea groups is 1. The van der Waals surface area contributed by atoms with E-state index >= 15 is 0 Å². The van der Waals surface area contributed by atoms with Crippen LogP contribution in [-0.4, -0.2) is 29.5 Å². The lowest BCUT2D eigenvalue weighted by Gasteiger charge is -2.26. The van der Waals surface area contributed by atoms with Gasteiger partial charge >= 0.3 is 6.03 Å². The van der Waals surface area contributed by atoms with Crippen LogP contribution < -0.4 is 15.0 Å². The molecular formula is C24H20FN3O4. The molecule has 4 amide bonds. The van der Waals surface area contributed by atoms with E-state index in [1.54, 1.807) is 7.11 Å². The van der Waals surface area contributed by atoms with Gasteiger partial charge in [-0.25, -0.2) is 14.1 Å². The van der Waals surface area contributed by atoms with Crippen molar-refractivity contribution in [3.05, 3.63) is 82.9 Å². The zero-order valence-corrected chi connectivity index (χ0v) is 17.7. The number of ether oxygens (including phenoxy) is 1. The van der Waals surface area contributed by atoms with Crippen LogP contribution >= 0.6 is 0 Å². The van der Waals surface area contributed by atoms with Gasteiger partial charge in [0.15, 0.2) is 0 Å². The van der Waals surface area contributed by atoms with E-state index in [1.807, 2.05) is 48.7 Å². The predicted molar refractivity (Wildman–Crippen MR) is 117 cm³/mol. The van der Waals surface area contributed by atoms with Crippen LogP contribution in [0.1, 0.15) is 17.0 Å². The Morgan fingerprint density at radius 1 is 0.938 bits per heavy atom. The average molecular weight is 433 g/mol. The van der Waals surface area contributed by atoms with Gasteiger partial charge in [-0.2, -0.15) is 0 Å². The number of hydrogen-bond donors (Lipinski definition) is 1. The number of aryl methyl sites for hydroxylation is 1. The lowest BCUT2D eigenvalue weighted by atomic mass is 10.1. The number of imide groups is 2. The van der Waals surface area contributed by atoms with Gasteiger partial charge in [-0.15, -0.1) is 0 Å². The van der Waals surface area contributed by atoms with Gasteiger partial charge in [0.1, 0.15) is 17.1 Å². The summed E-state index contributed by atoms with van der Waals surface area (Å²) in [6, 6.07) is 13.3. The molecule has 2 aromatic carbocycles. The van der Waals surface area contributed by atoms with Crippen molar-refractivity contribution in [3.8, 4) is 11.4 Å². The Morgan fingerprint density at radius 3 is 2.19 bits per heavy atom. The largest absolute Gasteiger partial charge is 0.497 e. The first kappa shape index (κ1) is 21.0. The van der Waals surface area contributed by atoms with Gasteiger partial charge in [-0.1, -0.05) is 0 Å². The summed E-state index contributed by atoms with van der Waals surface area (Å²) in [5, 5.41) is 2.17. The Morgan fingerprint density at radius 2 is 1.56 bits per heavy atom. The number of methoxy groups -OCH3 is 1. The number of amides is 4. The Balaban J connectivity index is 1.73. The van der Waals surface area contributed by atoms with Crippen LogP contribution in [0.2, 0.25) is 0 Å². The third-order valence-electron chi connectivity index (χ3n) is 5.29. The minimum Gasteiger partial charge on any atom is -0.497 e. The molecule has 0 bridgehead atoms. The van der Waals surface area contributed by atoms with Crippen molar-refractivity contribution in [2.24, 2.45) is 0 Å². The highest BCUT2D eigenvalue weighted by atomic mass is 19.1. The molecule has 3 aromatic rings. The highest BCUT2D eigenvalue weighted by Gasteiger charge is 2.37. The normalized spacial score (nSPS) is 15.3. The van der Waals surface area contributed by atoms with Crippen molar-refractivity contribution in [2.75, 3.05) is 12.0 Å². The molecule has 1 saturated heterocycles. The lowest BCUT2D eigenvalue weighted by molar-refractivity contribution is -0.122. The molecule has 7 nitrogen and oxygen atoms in total. The van der Waals surface area contributed by atoms with Gasteiger partial charge < -0.3 is 9.30 Å². The summed E-state index contributed by atoms with van der Waals surface area (Å²) < 4.78 is 20.5. The van der Waals surface area contributed by atoms with Gasteiger partial charge in [0.25, 0.3) is 11.8 Å². The fraction of sp³-hybridized carbons (Fsp3) is 0.125. The van der Waals surface area contributed by atoms with Gasteiger partial charge in [0.2, 0.25) is 0 Å². The molecule has 4 rings (SSSR count). The highest BCUT2D eigenvalue weighted by molar-refractivity contribution is 6.39. The summed E-state index contributed by atoms with van der Waals surface area (Å²) in [6.07, 6.45) is 1.46. The molecule has 1 fully saturated rings. The number of hydrogen-bond acceptors (Lipinski definition) is 4. The van der Waals surface area contributed by atoms with Crippen LogP contribution in [0.5, 0.6) is 5.75 Å². The Bertz CT molecular complexity index is 1260. The van der Waals surface area contributed by atoms with Crippen molar-refractivity contribution in [1.29, 1.82) is 0 Å². The molecule has 1 aliphatic heterocycles. The monoisotopic (exact) mass is 433 g/mol. The first-order valence-corrected chi connectivity index (χ1v) is 9.80. The van der Waals surface area contributed by atoms with Crippen LogP contribution in [0, 0.1) is 19.7 Å². The van der Waals surface area contributed by atoms with Gasteiger partial charge in [-0.05, 0) is 80.1 Å². The second-order valence-electron chi connectivity index (χ2n) is 7.29.